The van der Waals surface area contributed by atoms with Gasteiger partial charge in [-0.2, -0.15) is 0 Å². The maximum atomic E-state index is 13.0. The Hall–Kier alpha value is -3.28. The molecule has 1 atom stereocenters. The standard InChI is InChI=1S/C19H17FN4O/c1-13(19(25)22-16-5-3-2-4-6-16)21-18-12-11-17(23-24-18)14-7-9-15(20)10-8-14/h2-13H,1H3,(H,21,24)(H,22,25). The molecular weight excluding hydrogens is 319 g/mol. The Bertz CT molecular complexity index is 836. The number of halogens is 1. The number of amides is 1. The first-order valence-corrected chi connectivity index (χ1v) is 7.84. The Kier molecular flexibility index (Phi) is 4.99. The van der Waals surface area contributed by atoms with E-state index in [0.29, 0.717) is 11.5 Å². The number of anilines is 2. The van der Waals surface area contributed by atoms with Crippen molar-refractivity contribution in [1.82, 2.24) is 10.2 Å². The zero-order valence-electron chi connectivity index (χ0n) is 13.6. The van der Waals surface area contributed by atoms with Gasteiger partial charge in [-0.05, 0) is 55.5 Å². The average molecular weight is 336 g/mol. The minimum atomic E-state index is -0.480. The van der Waals surface area contributed by atoms with E-state index in [1.807, 2.05) is 30.3 Å². The van der Waals surface area contributed by atoms with Crippen LogP contribution >= 0.6 is 0 Å². The van der Waals surface area contributed by atoms with Crippen LogP contribution in [0.3, 0.4) is 0 Å². The van der Waals surface area contributed by atoms with Gasteiger partial charge in [0.2, 0.25) is 5.91 Å². The lowest BCUT2D eigenvalue weighted by Crippen LogP contribution is -2.32. The summed E-state index contributed by atoms with van der Waals surface area (Å²) in [6, 6.07) is 18.3. The van der Waals surface area contributed by atoms with Gasteiger partial charge in [0, 0.05) is 11.3 Å². The van der Waals surface area contributed by atoms with E-state index in [4.69, 9.17) is 0 Å². The largest absolute Gasteiger partial charge is 0.357 e. The summed E-state index contributed by atoms with van der Waals surface area (Å²) < 4.78 is 13.0. The fourth-order valence-corrected chi connectivity index (χ4v) is 2.24. The number of nitrogens with zero attached hydrogens (tertiary/aromatic N) is 2. The van der Waals surface area contributed by atoms with Crippen molar-refractivity contribution in [1.29, 1.82) is 0 Å². The third kappa shape index (κ3) is 4.38. The normalized spacial score (nSPS) is 11.6. The predicted molar refractivity (Wildman–Crippen MR) is 95.6 cm³/mol. The summed E-state index contributed by atoms with van der Waals surface area (Å²) in [5.41, 5.74) is 2.14. The van der Waals surface area contributed by atoms with Crippen LogP contribution in [0.1, 0.15) is 6.92 Å². The van der Waals surface area contributed by atoms with E-state index in [1.165, 1.54) is 12.1 Å². The molecule has 0 bridgehead atoms. The fourth-order valence-electron chi connectivity index (χ4n) is 2.24. The summed E-state index contributed by atoms with van der Waals surface area (Å²) in [6.07, 6.45) is 0. The van der Waals surface area contributed by atoms with Crippen molar-refractivity contribution in [3.8, 4) is 11.3 Å². The van der Waals surface area contributed by atoms with Crippen LogP contribution in [0.25, 0.3) is 11.3 Å². The van der Waals surface area contributed by atoms with Crippen LogP contribution in [0.4, 0.5) is 15.9 Å². The molecule has 1 amide bonds. The average Bonchev–Trinajstić information content (AvgIpc) is 2.64. The van der Waals surface area contributed by atoms with Gasteiger partial charge in [-0.1, -0.05) is 18.2 Å². The topological polar surface area (TPSA) is 66.9 Å². The molecule has 1 aromatic heterocycles. The number of aromatic nitrogens is 2. The van der Waals surface area contributed by atoms with E-state index in [-0.39, 0.29) is 11.7 Å². The molecule has 126 valence electrons. The predicted octanol–water partition coefficient (Wildman–Crippen LogP) is 3.72. The molecule has 1 heterocycles. The molecule has 0 aliphatic carbocycles. The zero-order valence-corrected chi connectivity index (χ0v) is 13.6. The molecule has 0 saturated carbocycles. The summed E-state index contributed by atoms with van der Waals surface area (Å²) in [7, 11) is 0. The van der Waals surface area contributed by atoms with Crippen molar-refractivity contribution in [3.63, 3.8) is 0 Å². The van der Waals surface area contributed by atoms with E-state index < -0.39 is 6.04 Å². The molecule has 0 aliphatic rings. The number of nitrogens with one attached hydrogen (secondary N) is 2. The van der Waals surface area contributed by atoms with Crippen molar-refractivity contribution >= 4 is 17.4 Å². The molecular formula is C19H17FN4O. The van der Waals surface area contributed by atoms with Crippen LogP contribution < -0.4 is 10.6 Å². The van der Waals surface area contributed by atoms with Crippen LogP contribution in [-0.4, -0.2) is 22.1 Å². The highest BCUT2D eigenvalue weighted by molar-refractivity contribution is 5.96. The minimum Gasteiger partial charge on any atom is -0.357 e. The number of hydrogen-bond donors (Lipinski definition) is 2. The molecule has 3 aromatic rings. The summed E-state index contributed by atoms with van der Waals surface area (Å²) in [5, 5.41) is 14.0. The second-order valence-corrected chi connectivity index (χ2v) is 5.53. The Morgan fingerprint density at radius 1 is 0.960 bits per heavy atom. The van der Waals surface area contributed by atoms with Crippen molar-refractivity contribution in [2.24, 2.45) is 0 Å². The molecule has 25 heavy (non-hydrogen) atoms. The molecule has 0 radical (unpaired) electrons. The van der Waals surface area contributed by atoms with Crippen LogP contribution in [0.15, 0.2) is 66.7 Å². The van der Waals surface area contributed by atoms with E-state index in [0.717, 1.165) is 11.3 Å². The van der Waals surface area contributed by atoms with Gasteiger partial charge in [0.1, 0.15) is 17.7 Å². The van der Waals surface area contributed by atoms with Crippen LogP contribution in [-0.2, 0) is 4.79 Å². The van der Waals surface area contributed by atoms with Gasteiger partial charge in [0.25, 0.3) is 0 Å². The Balaban J connectivity index is 1.62. The molecule has 2 N–H and O–H groups in total. The summed E-state index contributed by atoms with van der Waals surface area (Å²) in [5.74, 6) is 0.0189. The first kappa shape index (κ1) is 16.6. The van der Waals surface area contributed by atoms with Crippen LogP contribution in [0, 0.1) is 5.82 Å². The monoisotopic (exact) mass is 336 g/mol. The molecule has 2 aromatic carbocycles. The number of carbonyl (C=O) groups is 1. The lowest BCUT2D eigenvalue weighted by molar-refractivity contribution is -0.116. The van der Waals surface area contributed by atoms with E-state index in [1.54, 1.807) is 31.2 Å². The summed E-state index contributed by atoms with van der Waals surface area (Å²) in [6.45, 7) is 1.74. The quantitative estimate of drug-likeness (QED) is 0.745. The smallest absolute Gasteiger partial charge is 0.246 e. The number of para-hydroxylation sites is 1. The highest BCUT2D eigenvalue weighted by atomic mass is 19.1. The van der Waals surface area contributed by atoms with Crippen molar-refractivity contribution in [2.75, 3.05) is 10.6 Å². The Morgan fingerprint density at radius 2 is 1.68 bits per heavy atom. The summed E-state index contributed by atoms with van der Waals surface area (Å²) in [4.78, 5) is 12.2. The number of benzene rings is 2. The van der Waals surface area contributed by atoms with Gasteiger partial charge in [-0.3, -0.25) is 4.79 Å². The number of rotatable bonds is 5. The minimum absolute atomic E-state index is 0.171. The molecule has 0 spiro atoms. The molecule has 3 rings (SSSR count). The van der Waals surface area contributed by atoms with Crippen molar-refractivity contribution < 1.29 is 9.18 Å². The third-order valence-electron chi connectivity index (χ3n) is 3.60. The number of hydrogen-bond acceptors (Lipinski definition) is 4. The number of carbonyl (C=O) groups excluding carboxylic acids is 1. The molecule has 6 heteroatoms. The molecule has 0 saturated heterocycles. The van der Waals surface area contributed by atoms with Gasteiger partial charge in [-0.15, -0.1) is 10.2 Å². The van der Waals surface area contributed by atoms with Gasteiger partial charge >= 0.3 is 0 Å². The maximum absolute atomic E-state index is 13.0. The maximum Gasteiger partial charge on any atom is 0.246 e. The second-order valence-electron chi connectivity index (χ2n) is 5.53. The molecule has 1 unspecified atom stereocenters. The van der Waals surface area contributed by atoms with Crippen molar-refractivity contribution in [3.05, 3.63) is 72.5 Å². The SMILES string of the molecule is CC(Nc1ccc(-c2ccc(F)cc2)nn1)C(=O)Nc1ccccc1. The Morgan fingerprint density at radius 3 is 2.32 bits per heavy atom. The van der Waals surface area contributed by atoms with E-state index in [9.17, 15) is 9.18 Å². The van der Waals surface area contributed by atoms with Gasteiger partial charge in [0.05, 0.1) is 5.69 Å². The van der Waals surface area contributed by atoms with Gasteiger partial charge in [-0.25, -0.2) is 4.39 Å². The van der Waals surface area contributed by atoms with Crippen LogP contribution in [0.2, 0.25) is 0 Å². The fraction of sp³-hybridized carbons (Fsp3) is 0.105. The second kappa shape index (κ2) is 7.53. The lowest BCUT2D eigenvalue weighted by atomic mass is 10.1. The van der Waals surface area contributed by atoms with Gasteiger partial charge in [0.15, 0.2) is 0 Å². The zero-order chi connectivity index (χ0) is 17.6. The molecule has 0 aliphatic heterocycles. The highest BCUT2D eigenvalue weighted by Gasteiger charge is 2.13. The van der Waals surface area contributed by atoms with E-state index >= 15 is 0 Å². The lowest BCUT2D eigenvalue weighted by Gasteiger charge is -2.14. The summed E-state index contributed by atoms with van der Waals surface area (Å²) >= 11 is 0. The van der Waals surface area contributed by atoms with Crippen molar-refractivity contribution in [2.45, 2.75) is 13.0 Å². The van der Waals surface area contributed by atoms with Gasteiger partial charge < -0.3 is 10.6 Å². The first-order valence-electron chi connectivity index (χ1n) is 7.84. The molecule has 0 fully saturated rings. The van der Waals surface area contributed by atoms with E-state index in [2.05, 4.69) is 20.8 Å². The third-order valence-corrected chi connectivity index (χ3v) is 3.60. The Labute approximate surface area is 144 Å². The molecule has 5 nitrogen and oxygen atoms in total. The first-order chi connectivity index (χ1) is 12.1. The van der Waals surface area contributed by atoms with Crippen LogP contribution in [0.5, 0.6) is 0 Å². The highest BCUT2D eigenvalue weighted by Crippen LogP contribution is 2.17.